The van der Waals surface area contributed by atoms with Crippen LogP contribution in [-0.4, -0.2) is 34.4 Å². The van der Waals surface area contributed by atoms with E-state index in [9.17, 15) is 4.79 Å². The molecule has 1 aliphatic heterocycles. The van der Waals surface area contributed by atoms with Gasteiger partial charge < -0.3 is 14.6 Å². The summed E-state index contributed by atoms with van der Waals surface area (Å²) in [5.41, 5.74) is 0.926. The molecule has 1 amide bonds. The Bertz CT molecular complexity index is 610. The lowest BCUT2D eigenvalue weighted by atomic mass is 10.1. The highest BCUT2D eigenvalue weighted by atomic mass is 16.5. The molecule has 110 valence electrons. The van der Waals surface area contributed by atoms with E-state index in [1.807, 2.05) is 29.2 Å². The van der Waals surface area contributed by atoms with Crippen molar-refractivity contribution in [3.63, 3.8) is 0 Å². The highest BCUT2D eigenvalue weighted by Crippen LogP contribution is 2.31. The summed E-state index contributed by atoms with van der Waals surface area (Å²) in [6, 6.07) is 7.74. The van der Waals surface area contributed by atoms with Gasteiger partial charge in [-0.2, -0.15) is 0 Å². The number of amides is 1. The molecule has 2 aromatic rings. The van der Waals surface area contributed by atoms with Gasteiger partial charge in [-0.15, -0.1) is 0 Å². The van der Waals surface area contributed by atoms with Crippen molar-refractivity contribution in [1.29, 1.82) is 0 Å². The maximum absolute atomic E-state index is 12.6. The van der Waals surface area contributed by atoms with Crippen molar-refractivity contribution >= 4 is 5.91 Å². The molecule has 0 bridgehead atoms. The fourth-order valence-electron chi connectivity index (χ4n) is 2.92. The number of carbonyl (C=O) groups excluding carboxylic acids is 1. The third-order valence-electron chi connectivity index (χ3n) is 3.94. The summed E-state index contributed by atoms with van der Waals surface area (Å²) in [7, 11) is 1.63. The van der Waals surface area contributed by atoms with Gasteiger partial charge in [-0.3, -0.25) is 4.79 Å². The number of rotatable bonds is 4. The molecule has 5 nitrogen and oxygen atoms in total. The lowest BCUT2D eigenvalue weighted by Gasteiger charge is -2.23. The van der Waals surface area contributed by atoms with Gasteiger partial charge in [0.15, 0.2) is 0 Å². The van der Waals surface area contributed by atoms with Crippen LogP contribution in [0.5, 0.6) is 5.75 Å². The summed E-state index contributed by atoms with van der Waals surface area (Å²) < 4.78 is 5.32. The number of H-pyrrole nitrogens is 1. The number of imidazole rings is 1. The molecule has 1 aromatic heterocycles. The number of carbonyl (C=O) groups is 1. The zero-order valence-corrected chi connectivity index (χ0v) is 12.1. The Morgan fingerprint density at radius 3 is 3.10 bits per heavy atom. The Hall–Kier alpha value is -2.30. The molecule has 21 heavy (non-hydrogen) atoms. The SMILES string of the molecule is COc1ccccc1CC(=O)N1CCC[C@H]1c1ncc[nH]1. The van der Waals surface area contributed by atoms with Gasteiger partial charge >= 0.3 is 0 Å². The normalized spacial score (nSPS) is 18.0. The van der Waals surface area contributed by atoms with Gasteiger partial charge in [-0.1, -0.05) is 18.2 Å². The van der Waals surface area contributed by atoms with E-state index in [1.54, 1.807) is 19.5 Å². The Morgan fingerprint density at radius 2 is 2.33 bits per heavy atom. The molecular formula is C16H19N3O2. The molecule has 2 heterocycles. The second-order valence-electron chi connectivity index (χ2n) is 5.21. The Labute approximate surface area is 124 Å². The second-order valence-corrected chi connectivity index (χ2v) is 5.21. The number of ether oxygens (including phenoxy) is 1. The second kappa shape index (κ2) is 5.99. The third kappa shape index (κ3) is 2.77. The predicted molar refractivity (Wildman–Crippen MR) is 79.0 cm³/mol. The number of nitrogens with zero attached hydrogens (tertiary/aromatic N) is 2. The molecule has 1 atom stereocenters. The van der Waals surface area contributed by atoms with Crippen molar-refractivity contribution < 1.29 is 9.53 Å². The lowest BCUT2D eigenvalue weighted by Crippen LogP contribution is -2.32. The van der Waals surface area contributed by atoms with E-state index in [0.29, 0.717) is 6.42 Å². The minimum absolute atomic E-state index is 0.0715. The van der Waals surface area contributed by atoms with Crippen LogP contribution in [0.3, 0.4) is 0 Å². The first-order chi connectivity index (χ1) is 10.3. The average Bonchev–Trinajstić information content (AvgIpc) is 3.18. The van der Waals surface area contributed by atoms with E-state index in [0.717, 1.165) is 36.5 Å². The fourth-order valence-corrected chi connectivity index (χ4v) is 2.92. The molecule has 5 heteroatoms. The Morgan fingerprint density at radius 1 is 1.48 bits per heavy atom. The Kier molecular flexibility index (Phi) is 3.90. The molecule has 3 rings (SSSR count). The van der Waals surface area contributed by atoms with Crippen LogP contribution in [0.25, 0.3) is 0 Å². The highest BCUT2D eigenvalue weighted by Gasteiger charge is 2.31. The van der Waals surface area contributed by atoms with Gasteiger partial charge in [0, 0.05) is 24.5 Å². The van der Waals surface area contributed by atoms with Gasteiger partial charge in [0.05, 0.1) is 19.6 Å². The van der Waals surface area contributed by atoms with Crippen LogP contribution >= 0.6 is 0 Å². The standard InChI is InChI=1S/C16H19N3O2/c1-21-14-7-3-2-5-12(14)11-15(20)19-10-4-6-13(19)16-17-8-9-18-16/h2-3,5,7-9,13H,4,6,10-11H2,1H3,(H,17,18)/t13-/m0/s1. The van der Waals surface area contributed by atoms with Crippen molar-refractivity contribution in [2.45, 2.75) is 25.3 Å². The van der Waals surface area contributed by atoms with Crippen LogP contribution in [0.4, 0.5) is 0 Å². The molecule has 0 radical (unpaired) electrons. The summed E-state index contributed by atoms with van der Waals surface area (Å²) in [5, 5.41) is 0. The fraction of sp³-hybridized carbons (Fsp3) is 0.375. The van der Waals surface area contributed by atoms with Crippen molar-refractivity contribution in [3.05, 3.63) is 48.0 Å². The number of hydrogen-bond acceptors (Lipinski definition) is 3. The van der Waals surface area contributed by atoms with E-state index in [2.05, 4.69) is 9.97 Å². The molecule has 0 unspecified atom stereocenters. The largest absolute Gasteiger partial charge is 0.496 e. The predicted octanol–water partition coefficient (Wildman–Crippen LogP) is 2.32. The molecule has 1 aliphatic rings. The minimum Gasteiger partial charge on any atom is -0.496 e. The maximum atomic E-state index is 12.6. The maximum Gasteiger partial charge on any atom is 0.227 e. The molecule has 0 saturated carbocycles. The summed E-state index contributed by atoms with van der Waals surface area (Å²) >= 11 is 0. The van der Waals surface area contributed by atoms with Crippen LogP contribution in [0.1, 0.15) is 30.3 Å². The molecule has 1 fully saturated rings. The summed E-state index contributed by atoms with van der Waals surface area (Å²) in [5.74, 6) is 1.76. The van der Waals surface area contributed by atoms with Gasteiger partial charge in [0.25, 0.3) is 0 Å². The first-order valence-electron chi connectivity index (χ1n) is 7.20. The number of benzene rings is 1. The highest BCUT2D eigenvalue weighted by molar-refractivity contribution is 5.80. The first kappa shape index (κ1) is 13.7. The molecule has 0 spiro atoms. The van der Waals surface area contributed by atoms with Crippen LogP contribution in [0.2, 0.25) is 0 Å². The van der Waals surface area contributed by atoms with E-state index in [4.69, 9.17) is 4.74 Å². The number of nitrogens with one attached hydrogen (secondary N) is 1. The van der Waals surface area contributed by atoms with Crippen molar-refractivity contribution in [3.8, 4) is 5.75 Å². The van der Waals surface area contributed by atoms with Gasteiger partial charge in [-0.05, 0) is 18.9 Å². The monoisotopic (exact) mass is 285 g/mol. The summed E-state index contributed by atoms with van der Waals surface area (Å²) in [4.78, 5) is 22.0. The van der Waals surface area contributed by atoms with E-state index >= 15 is 0 Å². The topological polar surface area (TPSA) is 58.2 Å². The van der Waals surface area contributed by atoms with Crippen LogP contribution in [0.15, 0.2) is 36.7 Å². The zero-order chi connectivity index (χ0) is 14.7. The molecular weight excluding hydrogens is 266 g/mol. The number of aromatic nitrogens is 2. The molecule has 1 N–H and O–H groups in total. The number of aromatic amines is 1. The van der Waals surface area contributed by atoms with E-state index < -0.39 is 0 Å². The van der Waals surface area contributed by atoms with Gasteiger partial charge in [0.2, 0.25) is 5.91 Å². The molecule has 0 aliphatic carbocycles. The van der Waals surface area contributed by atoms with Crippen molar-refractivity contribution in [1.82, 2.24) is 14.9 Å². The minimum atomic E-state index is 0.0715. The zero-order valence-electron chi connectivity index (χ0n) is 12.1. The van der Waals surface area contributed by atoms with E-state index in [-0.39, 0.29) is 11.9 Å². The quantitative estimate of drug-likeness (QED) is 0.938. The average molecular weight is 285 g/mol. The third-order valence-corrected chi connectivity index (χ3v) is 3.94. The summed E-state index contributed by atoms with van der Waals surface area (Å²) in [6.07, 6.45) is 5.88. The smallest absolute Gasteiger partial charge is 0.227 e. The number of likely N-dealkylation sites (tertiary alicyclic amines) is 1. The van der Waals surface area contributed by atoms with Crippen molar-refractivity contribution in [2.24, 2.45) is 0 Å². The van der Waals surface area contributed by atoms with Crippen molar-refractivity contribution in [2.75, 3.05) is 13.7 Å². The summed E-state index contributed by atoms with van der Waals surface area (Å²) in [6.45, 7) is 0.791. The number of hydrogen-bond donors (Lipinski definition) is 1. The molecule has 1 aromatic carbocycles. The Balaban J connectivity index is 1.75. The number of methoxy groups -OCH3 is 1. The number of para-hydroxylation sites is 1. The van der Waals surface area contributed by atoms with Crippen LogP contribution in [0, 0.1) is 0 Å². The van der Waals surface area contributed by atoms with Crippen LogP contribution in [-0.2, 0) is 11.2 Å². The van der Waals surface area contributed by atoms with Gasteiger partial charge in [0.1, 0.15) is 11.6 Å². The molecule has 1 saturated heterocycles. The van der Waals surface area contributed by atoms with Gasteiger partial charge in [-0.25, -0.2) is 4.98 Å². The lowest BCUT2D eigenvalue weighted by molar-refractivity contribution is -0.131. The first-order valence-corrected chi connectivity index (χ1v) is 7.20. The van der Waals surface area contributed by atoms with E-state index in [1.165, 1.54) is 0 Å². The van der Waals surface area contributed by atoms with Crippen LogP contribution < -0.4 is 4.74 Å².